The Hall–Kier alpha value is -2.40. The molecular formula is C20H26N4O. The van der Waals surface area contributed by atoms with Crippen LogP contribution in [0.15, 0.2) is 54.9 Å². The zero-order valence-electron chi connectivity index (χ0n) is 14.9. The Kier molecular flexibility index (Phi) is 5.66. The Morgan fingerprint density at radius 1 is 1.24 bits per heavy atom. The smallest absolute Gasteiger partial charge is 0.321 e. The molecule has 0 radical (unpaired) electrons. The number of aromatic nitrogens is 1. The lowest BCUT2D eigenvalue weighted by Gasteiger charge is -2.41. The van der Waals surface area contributed by atoms with E-state index >= 15 is 0 Å². The minimum atomic E-state index is -0.0556. The maximum atomic E-state index is 12.5. The summed E-state index contributed by atoms with van der Waals surface area (Å²) in [5.74, 6) is 0. The van der Waals surface area contributed by atoms with Crippen LogP contribution in [0.3, 0.4) is 0 Å². The third kappa shape index (κ3) is 4.57. The van der Waals surface area contributed by atoms with Crippen LogP contribution in [0.2, 0.25) is 0 Å². The largest absolute Gasteiger partial charge is 0.325 e. The minimum absolute atomic E-state index is 0.0556. The molecule has 0 unspecified atom stereocenters. The third-order valence-corrected chi connectivity index (χ3v) is 5.01. The lowest BCUT2D eigenvalue weighted by Crippen LogP contribution is -2.50. The standard InChI is InChI=1S/C20H26N4O/c1-16-14-19(10-13-24(16)15-17-6-4-3-5-7-17)23(2)20(25)22-18-8-11-21-12-9-18/h3-9,11-12,16,19H,10,13-15H2,1-2H3,(H,21,22,25)/t16-,19-/m0/s1. The molecule has 0 aliphatic carbocycles. The van der Waals surface area contributed by atoms with Crippen LogP contribution in [0.25, 0.3) is 0 Å². The Labute approximate surface area is 149 Å². The van der Waals surface area contributed by atoms with Gasteiger partial charge >= 0.3 is 6.03 Å². The van der Waals surface area contributed by atoms with Crippen LogP contribution in [-0.2, 0) is 6.54 Å². The summed E-state index contributed by atoms with van der Waals surface area (Å²) >= 11 is 0. The zero-order chi connectivity index (χ0) is 17.6. The van der Waals surface area contributed by atoms with Gasteiger partial charge in [0.1, 0.15) is 0 Å². The monoisotopic (exact) mass is 338 g/mol. The van der Waals surface area contributed by atoms with Crippen molar-refractivity contribution in [1.82, 2.24) is 14.8 Å². The van der Waals surface area contributed by atoms with Gasteiger partial charge in [-0.25, -0.2) is 4.79 Å². The lowest BCUT2D eigenvalue weighted by molar-refractivity contribution is 0.0942. The first-order valence-electron chi connectivity index (χ1n) is 8.85. The zero-order valence-corrected chi connectivity index (χ0v) is 14.9. The van der Waals surface area contributed by atoms with Gasteiger partial charge in [0, 0.05) is 50.3 Å². The average molecular weight is 338 g/mol. The number of carbonyl (C=O) groups is 1. The van der Waals surface area contributed by atoms with Crippen LogP contribution >= 0.6 is 0 Å². The number of nitrogens with zero attached hydrogens (tertiary/aromatic N) is 3. The second-order valence-corrected chi connectivity index (χ2v) is 6.76. The Bertz CT molecular complexity index is 677. The molecule has 5 heteroatoms. The fourth-order valence-corrected chi connectivity index (χ4v) is 3.41. The maximum Gasteiger partial charge on any atom is 0.321 e. The molecule has 1 aliphatic rings. The van der Waals surface area contributed by atoms with E-state index in [1.165, 1.54) is 5.56 Å². The second kappa shape index (κ2) is 8.12. The van der Waals surface area contributed by atoms with Gasteiger partial charge in [-0.2, -0.15) is 0 Å². The van der Waals surface area contributed by atoms with E-state index in [2.05, 4.69) is 52.5 Å². The number of hydrogen-bond donors (Lipinski definition) is 1. The molecule has 2 amide bonds. The normalized spacial score (nSPS) is 20.9. The molecule has 1 N–H and O–H groups in total. The molecule has 0 spiro atoms. The van der Waals surface area contributed by atoms with Crippen LogP contribution in [-0.4, -0.2) is 46.5 Å². The predicted molar refractivity (Wildman–Crippen MR) is 100 cm³/mol. The van der Waals surface area contributed by atoms with Gasteiger partial charge in [0.25, 0.3) is 0 Å². The van der Waals surface area contributed by atoms with Crippen molar-refractivity contribution >= 4 is 11.7 Å². The summed E-state index contributed by atoms with van der Waals surface area (Å²) in [5.41, 5.74) is 2.12. The fourth-order valence-electron chi connectivity index (χ4n) is 3.41. The highest BCUT2D eigenvalue weighted by Crippen LogP contribution is 2.23. The average Bonchev–Trinajstić information content (AvgIpc) is 2.64. The van der Waals surface area contributed by atoms with Crippen LogP contribution in [0.4, 0.5) is 10.5 Å². The molecule has 1 aliphatic heterocycles. The molecule has 3 rings (SSSR count). The number of hydrogen-bond acceptors (Lipinski definition) is 3. The number of piperidine rings is 1. The van der Waals surface area contributed by atoms with Gasteiger partial charge in [-0.1, -0.05) is 30.3 Å². The SMILES string of the molecule is C[C@H]1C[C@@H](N(C)C(=O)Nc2ccncc2)CCN1Cc1ccccc1. The number of pyridine rings is 1. The topological polar surface area (TPSA) is 48.5 Å². The van der Waals surface area contributed by atoms with Crippen molar-refractivity contribution in [2.75, 3.05) is 18.9 Å². The molecular weight excluding hydrogens is 312 g/mol. The van der Waals surface area contributed by atoms with Crippen LogP contribution < -0.4 is 5.32 Å². The highest BCUT2D eigenvalue weighted by Gasteiger charge is 2.29. The molecule has 0 bridgehead atoms. The molecule has 2 atom stereocenters. The van der Waals surface area contributed by atoms with Crippen LogP contribution in [0.5, 0.6) is 0 Å². The summed E-state index contributed by atoms with van der Waals surface area (Å²) in [6.45, 7) is 4.24. The number of rotatable bonds is 4. The van der Waals surface area contributed by atoms with E-state index in [-0.39, 0.29) is 12.1 Å². The Morgan fingerprint density at radius 3 is 2.64 bits per heavy atom. The highest BCUT2D eigenvalue weighted by atomic mass is 16.2. The van der Waals surface area contributed by atoms with Crippen molar-refractivity contribution in [3.05, 3.63) is 60.4 Å². The molecule has 0 saturated carbocycles. The quantitative estimate of drug-likeness (QED) is 0.927. The van der Waals surface area contributed by atoms with E-state index in [1.807, 2.05) is 11.9 Å². The van der Waals surface area contributed by atoms with Crippen molar-refractivity contribution in [2.24, 2.45) is 0 Å². The number of carbonyl (C=O) groups excluding carboxylic acids is 1. The molecule has 1 aromatic carbocycles. The molecule has 25 heavy (non-hydrogen) atoms. The molecule has 132 valence electrons. The summed E-state index contributed by atoms with van der Waals surface area (Å²) in [6.07, 6.45) is 5.35. The van der Waals surface area contributed by atoms with Gasteiger partial charge in [-0.15, -0.1) is 0 Å². The molecule has 2 heterocycles. The molecule has 1 aromatic heterocycles. The number of anilines is 1. The van der Waals surface area contributed by atoms with E-state index in [9.17, 15) is 4.79 Å². The van der Waals surface area contributed by atoms with Gasteiger partial charge in [0.2, 0.25) is 0 Å². The highest BCUT2D eigenvalue weighted by molar-refractivity contribution is 5.89. The van der Waals surface area contributed by atoms with Gasteiger partial charge in [0.05, 0.1) is 0 Å². The summed E-state index contributed by atoms with van der Waals surface area (Å²) in [6, 6.07) is 14.8. The van der Waals surface area contributed by atoms with Crippen molar-refractivity contribution in [3.8, 4) is 0 Å². The number of urea groups is 1. The van der Waals surface area contributed by atoms with Crippen molar-refractivity contribution < 1.29 is 4.79 Å². The van der Waals surface area contributed by atoms with Crippen molar-refractivity contribution in [1.29, 1.82) is 0 Å². The fraction of sp³-hybridized carbons (Fsp3) is 0.400. The molecule has 1 fully saturated rings. The van der Waals surface area contributed by atoms with Crippen molar-refractivity contribution in [2.45, 2.75) is 38.4 Å². The van der Waals surface area contributed by atoms with E-state index in [4.69, 9.17) is 0 Å². The second-order valence-electron chi connectivity index (χ2n) is 6.76. The summed E-state index contributed by atoms with van der Waals surface area (Å²) < 4.78 is 0. The minimum Gasteiger partial charge on any atom is -0.325 e. The molecule has 1 saturated heterocycles. The maximum absolute atomic E-state index is 12.5. The van der Waals surface area contributed by atoms with E-state index < -0.39 is 0 Å². The van der Waals surface area contributed by atoms with E-state index in [1.54, 1.807) is 24.5 Å². The Balaban J connectivity index is 1.54. The van der Waals surface area contributed by atoms with Gasteiger partial charge < -0.3 is 10.2 Å². The first-order valence-corrected chi connectivity index (χ1v) is 8.85. The van der Waals surface area contributed by atoms with Gasteiger partial charge in [-0.3, -0.25) is 9.88 Å². The predicted octanol–water partition coefficient (Wildman–Crippen LogP) is 3.60. The van der Waals surface area contributed by atoms with Crippen LogP contribution in [0.1, 0.15) is 25.3 Å². The van der Waals surface area contributed by atoms with Crippen LogP contribution in [0, 0.1) is 0 Å². The Morgan fingerprint density at radius 2 is 1.96 bits per heavy atom. The number of benzene rings is 1. The number of amides is 2. The third-order valence-electron chi connectivity index (χ3n) is 5.01. The first-order chi connectivity index (χ1) is 12.1. The van der Waals surface area contributed by atoms with E-state index in [0.717, 1.165) is 31.6 Å². The summed E-state index contributed by atoms with van der Waals surface area (Å²) in [7, 11) is 1.89. The number of likely N-dealkylation sites (tertiary alicyclic amines) is 1. The van der Waals surface area contributed by atoms with Crippen molar-refractivity contribution in [3.63, 3.8) is 0 Å². The summed E-state index contributed by atoms with van der Waals surface area (Å²) in [4.78, 5) is 20.8. The van der Waals surface area contributed by atoms with Gasteiger partial charge in [-0.05, 0) is 37.5 Å². The van der Waals surface area contributed by atoms with E-state index in [0.29, 0.717) is 6.04 Å². The lowest BCUT2D eigenvalue weighted by atomic mass is 9.96. The molecule has 2 aromatic rings. The number of nitrogens with one attached hydrogen (secondary N) is 1. The molecule has 5 nitrogen and oxygen atoms in total. The summed E-state index contributed by atoms with van der Waals surface area (Å²) in [5, 5.41) is 2.94. The first kappa shape index (κ1) is 17.4. The van der Waals surface area contributed by atoms with Gasteiger partial charge in [0.15, 0.2) is 0 Å².